The van der Waals surface area contributed by atoms with E-state index in [1.54, 1.807) is 18.2 Å². The van der Waals surface area contributed by atoms with Gasteiger partial charge in [-0.1, -0.05) is 0 Å². The second-order valence-corrected chi connectivity index (χ2v) is 6.46. The van der Waals surface area contributed by atoms with Crippen LogP contribution in [-0.2, 0) is 0 Å². The van der Waals surface area contributed by atoms with Crippen LogP contribution in [0.5, 0.6) is 11.5 Å². The van der Waals surface area contributed by atoms with Gasteiger partial charge in [-0.15, -0.1) is 0 Å². The molecule has 0 bridgehead atoms. The first-order valence-corrected chi connectivity index (χ1v) is 8.33. The van der Waals surface area contributed by atoms with E-state index in [2.05, 4.69) is 5.32 Å². The molecule has 8 nitrogen and oxygen atoms in total. The Bertz CT molecular complexity index is 906. The molecule has 26 heavy (non-hydrogen) atoms. The van der Waals surface area contributed by atoms with Gasteiger partial charge in [0.05, 0.1) is 4.92 Å². The second kappa shape index (κ2) is 5.91. The molecule has 1 spiro atoms. The molecule has 0 saturated heterocycles. The minimum Gasteiger partial charge on any atom is -0.448 e. The van der Waals surface area contributed by atoms with Crippen LogP contribution in [0.15, 0.2) is 36.4 Å². The summed E-state index contributed by atoms with van der Waals surface area (Å²) in [6.45, 7) is 0. The number of nitrogens with two attached hydrogens (primary N) is 1. The summed E-state index contributed by atoms with van der Waals surface area (Å²) in [5.74, 6) is 0.0183. The van der Waals surface area contributed by atoms with Crippen LogP contribution in [0.4, 0.5) is 17.1 Å². The molecule has 134 valence electrons. The van der Waals surface area contributed by atoms with Crippen LogP contribution >= 0.6 is 0 Å². The Balaban J connectivity index is 1.61. The van der Waals surface area contributed by atoms with Crippen molar-refractivity contribution in [2.75, 3.05) is 5.32 Å². The van der Waals surface area contributed by atoms with Crippen molar-refractivity contribution in [3.63, 3.8) is 0 Å². The summed E-state index contributed by atoms with van der Waals surface area (Å²) in [4.78, 5) is 22.0. The van der Waals surface area contributed by atoms with E-state index in [-0.39, 0.29) is 16.9 Å². The first kappa shape index (κ1) is 16.2. The minimum absolute atomic E-state index is 0.0797. The molecule has 2 aliphatic rings. The smallest absolute Gasteiger partial charge is 0.293 e. The number of carbonyl (C=O) groups excluding carboxylic acids is 1. The SMILES string of the molecule is NC(=O)c1ccc(Nc2ccc3c(c2)OC2(CCCC2)O3)c([N+](=O)[O-])c1. The van der Waals surface area contributed by atoms with E-state index in [1.165, 1.54) is 12.1 Å². The third-order valence-corrected chi connectivity index (χ3v) is 4.66. The van der Waals surface area contributed by atoms with Crippen LogP contribution in [0.3, 0.4) is 0 Å². The first-order valence-electron chi connectivity index (χ1n) is 8.33. The number of rotatable bonds is 4. The summed E-state index contributed by atoms with van der Waals surface area (Å²) in [6.07, 6.45) is 3.84. The number of ether oxygens (including phenoxy) is 2. The van der Waals surface area contributed by atoms with Gasteiger partial charge in [-0.2, -0.15) is 0 Å². The van der Waals surface area contributed by atoms with Crippen molar-refractivity contribution in [2.24, 2.45) is 5.73 Å². The molecule has 1 heterocycles. The van der Waals surface area contributed by atoms with Crippen molar-refractivity contribution in [1.29, 1.82) is 0 Å². The van der Waals surface area contributed by atoms with Crippen molar-refractivity contribution in [2.45, 2.75) is 31.5 Å². The molecule has 0 unspecified atom stereocenters. The molecule has 0 radical (unpaired) electrons. The van der Waals surface area contributed by atoms with Gasteiger partial charge >= 0.3 is 0 Å². The van der Waals surface area contributed by atoms with E-state index < -0.39 is 16.6 Å². The van der Waals surface area contributed by atoms with Crippen LogP contribution in [0.1, 0.15) is 36.0 Å². The van der Waals surface area contributed by atoms with Crippen molar-refractivity contribution in [1.82, 2.24) is 0 Å². The molecule has 1 saturated carbocycles. The number of nitro benzene ring substituents is 1. The van der Waals surface area contributed by atoms with Gasteiger partial charge in [0, 0.05) is 36.2 Å². The topological polar surface area (TPSA) is 117 Å². The second-order valence-electron chi connectivity index (χ2n) is 6.46. The number of hydrogen-bond donors (Lipinski definition) is 2. The fraction of sp³-hybridized carbons (Fsp3) is 0.278. The van der Waals surface area contributed by atoms with E-state index in [9.17, 15) is 14.9 Å². The normalized spacial score (nSPS) is 16.6. The quantitative estimate of drug-likeness (QED) is 0.640. The molecule has 1 aliphatic heterocycles. The van der Waals surface area contributed by atoms with Crippen molar-refractivity contribution in [3.8, 4) is 11.5 Å². The predicted octanol–water partition coefficient (Wildman–Crippen LogP) is 3.48. The minimum atomic E-state index is -0.718. The monoisotopic (exact) mass is 355 g/mol. The third-order valence-electron chi connectivity index (χ3n) is 4.66. The lowest BCUT2D eigenvalue weighted by molar-refractivity contribution is -0.383. The Kier molecular flexibility index (Phi) is 3.68. The molecule has 0 atom stereocenters. The Morgan fingerprint density at radius 3 is 2.54 bits per heavy atom. The number of nitrogens with zero attached hydrogens (tertiary/aromatic N) is 1. The zero-order valence-corrected chi connectivity index (χ0v) is 13.9. The fourth-order valence-electron chi connectivity index (χ4n) is 3.39. The zero-order valence-electron chi connectivity index (χ0n) is 13.9. The molecule has 3 N–H and O–H groups in total. The Labute approximate surface area is 149 Å². The maximum atomic E-state index is 11.3. The number of anilines is 2. The van der Waals surface area contributed by atoms with Crippen LogP contribution in [-0.4, -0.2) is 16.6 Å². The molecule has 0 aromatic heterocycles. The van der Waals surface area contributed by atoms with E-state index >= 15 is 0 Å². The van der Waals surface area contributed by atoms with Crippen molar-refractivity contribution >= 4 is 23.0 Å². The molecule has 2 aromatic rings. The van der Waals surface area contributed by atoms with Gasteiger partial charge in [-0.25, -0.2) is 0 Å². The third kappa shape index (κ3) is 2.79. The summed E-state index contributed by atoms with van der Waals surface area (Å²) >= 11 is 0. The molecule has 8 heteroatoms. The van der Waals surface area contributed by atoms with Crippen LogP contribution < -0.4 is 20.5 Å². The summed E-state index contributed by atoms with van der Waals surface area (Å²) in [5.41, 5.74) is 5.92. The number of nitro groups is 1. The maximum absolute atomic E-state index is 11.3. The highest BCUT2D eigenvalue weighted by Crippen LogP contribution is 2.47. The molecule has 1 fully saturated rings. The lowest BCUT2D eigenvalue weighted by Crippen LogP contribution is -2.34. The van der Waals surface area contributed by atoms with Gasteiger partial charge in [0.15, 0.2) is 11.5 Å². The van der Waals surface area contributed by atoms with Crippen LogP contribution in [0, 0.1) is 10.1 Å². The molecular formula is C18H17N3O5. The van der Waals surface area contributed by atoms with Crippen molar-refractivity contribution < 1.29 is 19.2 Å². The van der Waals surface area contributed by atoms with Gasteiger partial charge in [0.25, 0.3) is 11.5 Å². The van der Waals surface area contributed by atoms with E-state index in [0.29, 0.717) is 17.2 Å². The standard InChI is InChI=1S/C18H17N3O5/c19-17(22)11-3-5-13(14(9-11)21(23)24)20-12-4-6-15-16(10-12)26-18(25-15)7-1-2-8-18/h3-6,9-10,20H,1-2,7-8H2,(H2,19,22). The Morgan fingerprint density at radius 1 is 1.12 bits per heavy atom. The summed E-state index contributed by atoms with van der Waals surface area (Å²) in [5, 5.41) is 14.3. The highest BCUT2D eigenvalue weighted by atomic mass is 16.7. The van der Waals surface area contributed by atoms with Crippen molar-refractivity contribution in [3.05, 3.63) is 52.1 Å². The number of fused-ring (bicyclic) bond motifs is 1. The fourth-order valence-corrected chi connectivity index (χ4v) is 3.39. The number of nitrogens with one attached hydrogen (secondary N) is 1. The van der Waals surface area contributed by atoms with E-state index in [1.807, 2.05) is 0 Å². The number of hydrogen-bond acceptors (Lipinski definition) is 6. The van der Waals surface area contributed by atoms with Gasteiger partial charge in [-0.05, 0) is 37.1 Å². The molecule has 4 rings (SSSR count). The lowest BCUT2D eigenvalue weighted by Gasteiger charge is -2.21. The number of amides is 1. The zero-order chi connectivity index (χ0) is 18.3. The van der Waals surface area contributed by atoms with Crippen LogP contribution in [0.25, 0.3) is 0 Å². The first-order chi connectivity index (χ1) is 12.5. The van der Waals surface area contributed by atoms with E-state index in [4.69, 9.17) is 15.2 Å². The summed E-state index contributed by atoms with van der Waals surface area (Å²) in [6, 6.07) is 9.37. The summed E-state index contributed by atoms with van der Waals surface area (Å²) in [7, 11) is 0. The Morgan fingerprint density at radius 2 is 1.85 bits per heavy atom. The largest absolute Gasteiger partial charge is 0.448 e. The van der Waals surface area contributed by atoms with Crippen LogP contribution in [0.2, 0.25) is 0 Å². The maximum Gasteiger partial charge on any atom is 0.293 e. The molecule has 1 amide bonds. The number of benzene rings is 2. The van der Waals surface area contributed by atoms with Gasteiger partial charge < -0.3 is 20.5 Å². The van der Waals surface area contributed by atoms with E-state index in [0.717, 1.165) is 31.7 Å². The number of primary amides is 1. The lowest BCUT2D eigenvalue weighted by atomic mass is 10.1. The summed E-state index contributed by atoms with van der Waals surface area (Å²) < 4.78 is 12.0. The highest BCUT2D eigenvalue weighted by Gasteiger charge is 2.44. The molecular weight excluding hydrogens is 338 g/mol. The molecule has 1 aliphatic carbocycles. The molecule has 2 aromatic carbocycles. The average molecular weight is 355 g/mol. The highest BCUT2D eigenvalue weighted by molar-refractivity contribution is 5.94. The van der Waals surface area contributed by atoms with Gasteiger partial charge in [0.2, 0.25) is 5.91 Å². The average Bonchev–Trinajstić information content (AvgIpc) is 3.20. The predicted molar refractivity (Wildman–Crippen MR) is 93.8 cm³/mol. The Hall–Kier alpha value is -3.29. The van der Waals surface area contributed by atoms with Gasteiger partial charge in [-0.3, -0.25) is 14.9 Å². The van der Waals surface area contributed by atoms with Gasteiger partial charge in [0.1, 0.15) is 5.69 Å². The number of carbonyl (C=O) groups is 1.